The average Bonchev–Trinajstić information content (AvgIpc) is 2.49. The Kier molecular flexibility index (Phi) is 5.18. The molecule has 3 heteroatoms. The molecule has 1 saturated heterocycles. The van der Waals surface area contributed by atoms with Crippen LogP contribution in [0.2, 0.25) is 0 Å². The Morgan fingerprint density at radius 1 is 1.25 bits per heavy atom. The minimum absolute atomic E-state index is 0.147. The van der Waals surface area contributed by atoms with Crippen molar-refractivity contribution in [3.8, 4) is 0 Å². The number of rotatable bonds is 5. The first-order valence-electron chi connectivity index (χ1n) is 7.71. The lowest BCUT2D eigenvalue weighted by molar-refractivity contribution is -0.143. The molecule has 1 aliphatic rings. The molecule has 0 bridgehead atoms. The Morgan fingerprint density at radius 3 is 2.30 bits per heavy atom. The molecule has 0 saturated carbocycles. The molecule has 0 radical (unpaired) electrons. The SMILES string of the molecule is CCc1ccc(C(CC)N2CCC(C(=O)O)CC2)cc1. The number of hydrogen-bond donors (Lipinski definition) is 1. The van der Waals surface area contributed by atoms with Crippen molar-refractivity contribution < 1.29 is 9.90 Å². The first kappa shape index (κ1) is 15.0. The number of likely N-dealkylation sites (tertiary alicyclic amines) is 1. The molecule has 0 amide bonds. The van der Waals surface area contributed by atoms with Crippen LogP contribution in [0.15, 0.2) is 24.3 Å². The smallest absolute Gasteiger partial charge is 0.306 e. The van der Waals surface area contributed by atoms with Crippen LogP contribution >= 0.6 is 0 Å². The van der Waals surface area contributed by atoms with E-state index in [0.717, 1.165) is 38.8 Å². The highest BCUT2D eigenvalue weighted by Crippen LogP contribution is 2.29. The van der Waals surface area contributed by atoms with Gasteiger partial charge in [-0.1, -0.05) is 38.1 Å². The molecule has 1 aliphatic heterocycles. The first-order valence-corrected chi connectivity index (χ1v) is 7.71. The number of piperidine rings is 1. The minimum atomic E-state index is -0.634. The molecule has 1 atom stereocenters. The van der Waals surface area contributed by atoms with Crippen LogP contribution < -0.4 is 0 Å². The maximum absolute atomic E-state index is 11.0. The molecule has 0 aromatic heterocycles. The van der Waals surface area contributed by atoms with Crippen molar-refractivity contribution in [2.24, 2.45) is 5.92 Å². The number of aryl methyl sites for hydroxylation is 1. The average molecular weight is 275 g/mol. The van der Waals surface area contributed by atoms with Gasteiger partial charge in [-0.05, 0) is 49.9 Å². The lowest BCUT2D eigenvalue weighted by Crippen LogP contribution is -2.38. The van der Waals surface area contributed by atoms with Crippen molar-refractivity contribution in [3.05, 3.63) is 35.4 Å². The normalized spacial score (nSPS) is 18.9. The summed E-state index contributed by atoms with van der Waals surface area (Å²) in [5, 5.41) is 9.08. The maximum atomic E-state index is 11.0. The number of carboxylic acids is 1. The van der Waals surface area contributed by atoms with Crippen LogP contribution in [0.5, 0.6) is 0 Å². The summed E-state index contributed by atoms with van der Waals surface area (Å²) in [5.74, 6) is -0.781. The van der Waals surface area contributed by atoms with Crippen molar-refractivity contribution in [1.29, 1.82) is 0 Å². The number of aliphatic carboxylic acids is 1. The van der Waals surface area contributed by atoms with Crippen LogP contribution in [0.1, 0.15) is 50.3 Å². The molecular formula is C17H25NO2. The van der Waals surface area contributed by atoms with Crippen molar-refractivity contribution in [3.63, 3.8) is 0 Å². The van der Waals surface area contributed by atoms with Gasteiger partial charge in [0.1, 0.15) is 0 Å². The Hall–Kier alpha value is -1.35. The molecule has 0 spiro atoms. The van der Waals surface area contributed by atoms with E-state index in [-0.39, 0.29) is 5.92 Å². The number of hydrogen-bond acceptors (Lipinski definition) is 2. The van der Waals surface area contributed by atoms with Gasteiger partial charge in [0.05, 0.1) is 5.92 Å². The summed E-state index contributed by atoms with van der Waals surface area (Å²) in [6.07, 6.45) is 3.70. The summed E-state index contributed by atoms with van der Waals surface area (Å²) in [4.78, 5) is 13.5. The van der Waals surface area contributed by atoms with Gasteiger partial charge in [-0.3, -0.25) is 9.69 Å². The highest BCUT2D eigenvalue weighted by Gasteiger charge is 2.28. The van der Waals surface area contributed by atoms with E-state index in [9.17, 15) is 4.79 Å². The fourth-order valence-corrected chi connectivity index (χ4v) is 3.14. The zero-order valence-electron chi connectivity index (χ0n) is 12.5. The van der Waals surface area contributed by atoms with Gasteiger partial charge in [0.2, 0.25) is 0 Å². The van der Waals surface area contributed by atoms with Gasteiger partial charge in [0.15, 0.2) is 0 Å². The number of carboxylic acid groups (broad SMARTS) is 1. The zero-order chi connectivity index (χ0) is 14.5. The van der Waals surface area contributed by atoms with Crippen LogP contribution in [0, 0.1) is 5.92 Å². The maximum Gasteiger partial charge on any atom is 0.306 e. The van der Waals surface area contributed by atoms with E-state index in [0.29, 0.717) is 6.04 Å². The Labute approximate surface area is 121 Å². The molecule has 1 N–H and O–H groups in total. The fraction of sp³-hybridized carbons (Fsp3) is 0.588. The second-order valence-electron chi connectivity index (χ2n) is 5.67. The monoisotopic (exact) mass is 275 g/mol. The number of nitrogens with zero attached hydrogens (tertiary/aromatic N) is 1. The molecule has 0 aliphatic carbocycles. The highest BCUT2D eigenvalue weighted by molar-refractivity contribution is 5.70. The first-order chi connectivity index (χ1) is 9.65. The second-order valence-corrected chi connectivity index (χ2v) is 5.67. The van der Waals surface area contributed by atoms with E-state index in [4.69, 9.17) is 5.11 Å². The summed E-state index contributed by atoms with van der Waals surface area (Å²) in [5.41, 5.74) is 2.73. The van der Waals surface area contributed by atoms with Crippen molar-refractivity contribution in [2.45, 2.75) is 45.6 Å². The van der Waals surface area contributed by atoms with Crippen molar-refractivity contribution in [2.75, 3.05) is 13.1 Å². The summed E-state index contributed by atoms with van der Waals surface area (Å²) in [6.45, 7) is 6.17. The van der Waals surface area contributed by atoms with E-state index >= 15 is 0 Å². The van der Waals surface area contributed by atoms with E-state index in [1.165, 1.54) is 11.1 Å². The third kappa shape index (κ3) is 3.40. The molecule has 1 fully saturated rings. The van der Waals surface area contributed by atoms with Gasteiger partial charge >= 0.3 is 5.97 Å². The molecule has 1 aromatic carbocycles. The molecule has 3 nitrogen and oxygen atoms in total. The Morgan fingerprint density at radius 2 is 1.85 bits per heavy atom. The van der Waals surface area contributed by atoms with Gasteiger partial charge in [-0.2, -0.15) is 0 Å². The third-order valence-electron chi connectivity index (χ3n) is 4.48. The van der Waals surface area contributed by atoms with Crippen molar-refractivity contribution in [1.82, 2.24) is 4.90 Å². The summed E-state index contributed by atoms with van der Waals surface area (Å²) < 4.78 is 0. The molecule has 1 unspecified atom stereocenters. The second kappa shape index (κ2) is 6.89. The van der Waals surface area contributed by atoms with Crippen LogP contribution in [0.25, 0.3) is 0 Å². The summed E-state index contributed by atoms with van der Waals surface area (Å²) in [6, 6.07) is 9.31. The van der Waals surface area contributed by atoms with E-state index < -0.39 is 5.97 Å². The molecule has 1 aromatic rings. The van der Waals surface area contributed by atoms with Crippen molar-refractivity contribution >= 4 is 5.97 Å². The number of benzene rings is 1. The molecular weight excluding hydrogens is 250 g/mol. The highest BCUT2D eigenvalue weighted by atomic mass is 16.4. The van der Waals surface area contributed by atoms with Gasteiger partial charge < -0.3 is 5.11 Å². The van der Waals surface area contributed by atoms with Crippen LogP contribution in [0.3, 0.4) is 0 Å². The standard InChI is InChI=1S/C17H25NO2/c1-3-13-5-7-14(8-6-13)16(4-2)18-11-9-15(10-12-18)17(19)20/h5-8,15-16H,3-4,9-12H2,1-2H3,(H,19,20). The van der Waals surface area contributed by atoms with Gasteiger partial charge in [-0.25, -0.2) is 0 Å². The zero-order valence-corrected chi connectivity index (χ0v) is 12.5. The van der Waals surface area contributed by atoms with E-state index in [1.54, 1.807) is 0 Å². The van der Waals surface area contributed by atoms with Gasteiger partial charge in [-0.15, -0.1) is 0 Å². The fourth-order valence-electron chi connectivity index (χ4n) is 3.14. The Bertz CT molecular complexity index is 433. The minimum Gasteiger partial charge on any atom is -0.481 e. The molecule has 20 heavy (non-hydrogen) atoms. The molecule has 110 valence electrons. The van der Waals surface area contributed by atoms with Crippen LogP contribution in [0.4, 0.5) is 0 Å². The lowest BCUT2D eigenvalue weighted by atomic mass is 9.93. The Balaban J connectivity index is 2.03. The quantitative estimate of drug-likeness (QED) is 0.894. The third-order valence-corrected chi connectivity index (χ3v) is 4.48. The number of carbonyl (C=O) groups is 1. The predicted octanol–water partition coefficient (Wildman–Crippen LogP) is 3.50. The predicted molar refractivity (Wildman–Crippen MR) is 80.8 cm³/mol. The molecule has 2 rings (SSSR count). The summed E-state index contributed by atoms with van der Waals surface area (Å²) >= 11 is 0. The van der Waals surface area contributed by atoms with E-state index in [1.807, 2.05) is 0 Å². The van der Waals surface area contributed by atoms with Crippen LogP contribution in [-0.2, 0) is 11.2 Å². The summed E-state index contributed by atoms with van der Waals surface area (Å²) in [7, 11) is 0. The van der Waals surface area contributed by atoms with Gasteiger partial charge in [0, 0.05) is 6.04 Å². The molecule has 1 heterocycles. The lowest BCUT2D eigenvalue weighted by Gasteiger charge is -2.36. The van der Waals surface area contributed by atoms with E-state index in [2.05, 4.69) is 43.0 Å². The topological polar surface area (TPSA) is 40.5 Å². The van der Waals surface area contributed by atoms with Crippen LogP contribution in [-0.4, -0.2) is 29.1 Å². The van der Waals surface area contributed by atoms with Gasteiger partial charge in [0.25, 0.3) is 0 Å². The largest absolute Gasteiger partial charge is 0.481 e.